The van der Waals surface area contributed by atoms with Crippen LogP contribution >= 0.6 is 23.1 Å². The zero-order chi connectivity index (χ0) is 23.7. The number of Topliss-reactive ketones (excluding diaryl/α,β-unsaturated/α-hetero) is 1. The average Bonchev–Trinajstić information content (AvgIpc) is 3.37. The summed E-state index contributed by atoms with van der Waals surface area (Å²) in [7, 11) is 2.62. The molecule has 1 aliphatic heterocycles. The monoisotopic (exact) mass is 483 g/mol. The van der Waals surface area contributed by atoms with Crippen LogP contribution in [0.3, 0.4) is 0 Å². The fourth-order valence-corrected chi connectivity index (χ4v) is 5.99. The van der Waals surface area contributed by atoms with Crippen molar-refractivity contribution >= 4 is 40.8 Å². The van der Waals surface area contributed by atoms with Gasteiger partial charge in [-0.15, -0.1) is 23.1 Å². The molecule has 1 aromatic heterocycles. The summed E-state index contributed by atoms with van der Waals surface area (Å²) in [6.07, 6.45) is 2.45. The number of esters is 2. The zero-order valence-corrected chi connectivity index (χ0v) is 20.5. The van der Waals surface area contributed by atoms with Crippen LogP contribution in [0.15, 0.2) is 69.2 Å². The molecule has 0 fully saturated rings. The summed E-state index contributed by atoms with van der Waals surface area (Å²) in [5.74, 6) is -3.32. The van der Waals surface area contributed by atoms with Crippen LogP contribution in [0.5, 0.6) is 0 Å². The van der Waals surface area contributed by atoms with Crippen LogP contribution in [0.2, 0.25) is 0 Å². The number of ether oxygens (including phenoxy) is 2. The number of allylic oxidation sites excluding steroid dienone is 3. The van der Waals surface area contributed by atoms with E-state index >= 15 is 0 Å². The Morgan fingerprint density at radius 3 is 2.42 bits per heavy atom. The van der Waals surface area contributed by atoms with Crippen LogP contribution in [0, 0.1) is 5.92 Å². The van der Waals surface area contributed by atoms with E-state index in [-0.39, 0.29) is 11.7 Å². The van der Waals surface area contributed by atoms with Gasteiger partial charge in [0.25, 0.3) is 0 Å². The van der Waals surface area contributed by atoms with Gasteiger partial charge in [-0.2, -0.15) is 0 Å². The minimum Gasteiger partial charge on any atom is -0.468 e. The van der Waals surface area contributed by atoms with Crippen LogP contribution in [0.4, 0.5) is 0 Å². The molecule has 2 aromatic rings. The number of thiophene rings is 1. The molecule has 2 heterocycles. The van der Waals surface area contributed by atoms with E-state index in [4.69, 9.17) is 9.47 Å². The third kappa shape index (κ3) is 4.13. The fourth-order valence-electron chi connectivity index (χ4n) is 4.71. The predicted octanol–water partition coefficient (Wildman–Crippen LogP) is 4.40. The molecule has 0 saturated carbocycles. The quantitative estimate of drug-likeness (QED) is 0.383. The lowest BCUT2D eigenvalue weighted by Gasteiger charge is -2.39. The lowest BCUT2D eigenvalue weighted by molar-refractivity contribution is -0.149. The van der Waals surface area contributed by atoms with Gasteiger partial charge in [-0.3, -0.25) is 9.59 Å². The van der Waals surface area contributed by atoms with Crippen molar-refractivity contribution in [2.75, 3.05) is 20.5 Å². The number of methoxy groups -OCH3 is 2. The Morgan fingerprint density at radius 2 is 1.85 bits per heavy atom. The van der Waals surface area contributed by atoms with Gasteiger partial charge in [0.1, 0.15) is 5.92 Å². The number of thioether (sulfide) groups is 1. The Labute approximate surface area is 201 Å². The number of nitrogens with one attached hydrogen (secondary N) is 1. The standard InChI is InChI=1S/C25H25NO5S2/c1-13-19(24(28)30-2)20(14-7-9-15(32-4)10-8-14)22-17(26-13)12-16(18-6-5-11-33-18)21(23(22)27)25(29)31-3/h5-11,16,20-21,26H,12H2,1-4H3/t16-,20-,21+/m0/s1. The number of carbonyl (C=O) groups excluding carboxylic acids is 3. The molecule has 0 bridgehead atoms. The van der Waals surface area contributed by atoms with Crippen molar-refractivity contribution in [1.29, 1.82) is 0 Å². The third-order valence-corrected chi connectivity index (χ3v) is 7.99. The number of rotatable bonds is 5. The summed E-state index contributed by atoms with van der Waals surface area (Å²) in [6, 6.07) is 11.6. The molecular formula is C25H25NO5S2. The van der Waals surface area contributed by atoms with Crippen molar-refractivity contribution in [2.24, 2.45) is 5.92 Å². The second-order valence-electron chi connectivity index (χ2n) is 7.94. The van der Waals surface area contributed by atoms with Crippen molar-refractivity contribution in [3.63, 3.8) is 0 Å². The van der Waals surface area contributed by atoms with E-state index in [1.165, 1.54) is 25.6 Å². The molecule has 6 nitrogen and oxygen atoms in total. The van der Waals surface area contributed by atoms with Gasteiger partial charge in [0.2, 0.25) is 0 Å². The van der Waals surface area contributed by atoms with Gasteiger partial charge in [-0.1, -0.05) is 18.2 Å². The van der Waals surface area contributed by atoms with Crippen LogP contribution < -0.4 is 5.32 Å². The van der Waals surface area contributed by atoms with E-state index in [0.717, 1.165) is 21.0 Å². The van der Waals surface area contributed by atoms with E-state index in [2.05, 4.69) is 5.32 Å². The van der Waals surface area contributed by atoms with E-state index in [9.17, 15) is 14.4 Å². The molecule has 172 valence electrons. The maximum Gasteiger partial charge on any atom is 0.336 e. The largest absolute Gasteiger partial charge is 0.468 e. The van der Waals surface area contributed by atoms with Gasteiger partial charge < -0.3 is 14.8 Å². The van der Waals surface area contributed by atoms with Gasteiger partial charge in [0.05, 0.1) is 19.8 Å². The predicted molar refractivity (Wildman–Crippen MR) is 128 cm³/mol. The minimum absolute atomic E-state index is 0.318. The molecule has 0 amide bonds. The first-order chi connectivity index (χ1) is 15.9. The first-order valence-electron chi connectivity index (χ1n) is 10.5. The number of ketones is 1. The molecule has 1 aromatic carbocycles. The SMILES string of the molecule is COC(=O)C1=C(C)NC2=C(C(=O)[C@H](C(=O)OC)[C@H](c3cccs3)C2)[C@H]1c1ccc(SC)cc1. The molecule has 33 heavy (non-hydrogen) atoms. The number of hydrogen-bond acceptors (Lipinski definition) is 8. The van der Waals surface area contributed by atoms with Crippen LogP contribution in [0.25, 0.3) is 0 Å². The lowest BCUT2D eigenvalue weighted by Crippen LogP contribution is -2.43. The molecule has 1 aliphatic carbocycles. The van der Waals surface area contributed by atoms with E-state index in [1.54, 1.807) is 11.8 Å². The van der Waals surface area contributed by atoms with Gasteiger partial charge in [-0.25, -0.2) is 4.79 Å². The third-order valence-electron chi connectivity index (χ3n) is 6.24. The molecule has 0 saturated heterocycles. The highest BCUT2D eigenvalue weighted by atomic mass is 32.2. The molecule has 0 unspecified atom stereocenters. The molecular weight excluding hydrogens is 458 g/mol. The Hall–Kier alpha value is -2.84. The first kappa shape index (κ1) is 23.3. The number of dihydropyridines is 1. The highest BCUT2D eigenvalue weighted by molar-refractivity contribution is 7.98. The first-order valence-corrected chi connectivity index (χ1v) is 12.6. The summed E-state index contributed by atoms with van der Waals surface area (Å²) in [5.41, 5.74) is 2.99. The highest BCUT2D eigenvalue weighted by Gasteiger charge is 2.49. The number of benzene rings is 1. The normalized spacial score (nSPS) is 22.5. The summed E-state index contributed by atoms with van der Waals surface area (Å²) < 4.78 is 10.1. The molecule has 1 N–H and O–H groups in total. The van der Waals surface area contributed by atoms with Crippen molar-refractivity contribution < 1.29 is 23.9 Å². The smallest absolute Gasteiger partial charge is 0.336 e. The molecule has 0 radical (unpaired) electrons. The van der Waals surface area contributed by atoms with E-state index in [0.29, 0.717) is 23.3 Å². The fraction of sp³-hybridized carbons (Fsp3) is 0.320. The van der Waals surface area contributed by atoms with Crippen LogP contribution in [-0.4, -0.2) is 38.2 Å². The Bertz CT molecular complexity index is 1150. The maximum absolute atomic E-state index is 14.0. The summed E-state index contributed by atoms with van der Waals surface area (Å²) >= 11 is 3.13. The molecule has 4 rings (SSSR count). The maximum atomic E-state index is 14.0. The van der Waals surface area contributed by atoms with Crippen molar-refractivity contribution in [1.82, 2.24) is 5.32 Å². The topological polar surface area (TPSA) is 81.7 Å². The van der Waals surface area contributed by atoms with E-state index < -0.39 is 23.8 Å². The molecule has 2 aliphatic rings. The molecule has 8 heteroatoms. The molecule has 0 spiro atoms. The van der Waals surface area contributed by atoms with E-state index in [1.807, 2.05) is 55.0 Å². The second-order valence-corrected chi connectivity index (χ2v) is 9.80. The van der Waals surface area contributed by atoms with Gasteiger partial charge >= 0.3 is 11.9 Å². The highest BCUT2D eigenvalue weighted by Crippen LogP contribution is 2.48. The Kier molecular flexibility index (Phi) is 6.76. The van der Waals surface area contributed by atoms with Crippen LogP contribution in [-0.2, 0) is 23.9 Å². The number of hydrogen-bond donors (Lipinski definition) is 1. The average molecular weight is 484 g/mol. The van der Waals surface area contributed by atoms with Crippen molar-refractivity contribution in [3.8, 4) is 0 Å². The summed E-state index contributed by atoms with van der Waals surface area (Å²) in [5, 5.41) is 5.23. The van der Waals surface area contributed by atoms with Gasteiger partial charge in [0.15, 0.2) is 5.78 Å². The Balaban J connectivity index is 1.89. The zero-order valence-electron chi connectivity index (χ0n) is 18.8. The van der Waals surface area contributed by atoms with Gasteiger partial charge in [-0.05, 0) is 48.7 Å². The van der Waals surface area contributed by atoms with Gasteiger partial charge in [0, 0.05) is 38.6 Å². The van der Waals surface area contributed by atoms with Crippen molar-refractivity contribution in [3.05, 3.63) is 74.8 Å². The lowest BCUT2D eigenvalue weighted by atomic mass is 9.68. The van der Waals surface area contributed by atoms with Crippen LogP contribution in [0.1, 0.15) is 35.6 Å². The summed E-state index contributed by atoms with van der Waals surface area (Å²) in [6.45, 7) is 1.82. The Morgan fingerprint density at radius 1 is 1.12 bits per heavy atom. The minimum atomic E-state index is -0.973. The molecule has 3 atom stereocenters. The summed E-state index contributed by atoms with van der Waals surface area (Å²) in [4.78, 5) is 41.7. The second kappa shape index (κ2) is 9.57. The van der Waals surface area contributed by atoms with Crippen molar-refractivity contribution in [2.45, 2.75) is 30.1 Å². The number of carbonyl (C=O) groups is 3.